The second-order valence-electron chi connectivity index (χ2n) is 8.24. The van der Waals surface area contributed by atoms with E-state index in [0.717, 1.165) is 38.7 Å². The molecule has 2 saturated heterocycles. The lowest BCUT2D eigenvalue weighted by molar-refractivity contribution is 0.0904. The van der Waals surface area contributed by atoms with Gasteiger partial charge >= 0.3 is 0 Å². The Kier molecular flexibility index (Phi) is 9.61. The number of guanidine groups is 1. The summed E-state index contributed by atoms with van der Waals surface area (Å²) in [5.41, 5.74) is 0. The molecule has 9 nitrogen and oxygen atoms in total. The first-order valence-corrected chi connectivity index (χ1v) is 12.3. The summed E-state index contributed by atoms with van der Waals surface area (Å²) < 4.78 is 32.0. The molecule has 2 rings (SSSR count). The summed E-state index contributed by atoms with van der Waals surface area (Å²) in [5.74, 6) is 0.895. The monoisotopic (exact) mass is 432 g/mol. The highest BCUT2D eigenvalue weighted by Crippen LogP contribution is 2.10. The fraction of sp³-hybridized carbons (Fsp3) is 0.947. The van der Waals surface area contributed by atoms with E-state index in [-0.39, 0.29) is 18.5 Å². The van der Waals surface area contributed by atoms with Gasteiger partial charge in [0.1, 0.15) is 0 Å². The van der Waals surface area contributed by atoms with E-state index in [1.807, 2.05) is 13.8 Å². The highest BCUT2D eigenvalue weighted by atomic mass is 32.2. The zero-order chi connectivity index (χ0) is 21.4. The summed E-state index contributed by atoms with van der Waals surface area (Å²) >= 11 is 0. The van der Waals surface area contributed by atoms with Crippen molar-refractivity contribution in [1.29, 1.82) is 0 Å². The average Bonchev–Trinajstić information content (AvgIpc) is 2.68. The molecular formula is C19H40N6O3S. The van der Waals surface area contributed by atoms with Crippen LogP contribution in [0.4, 0.5) is 0 Å². The van der Waals surface area contributed by atoms with Crippen molar-refractivity contribution in [2.45, 2.75) is 32.9 Å². The summed E-state index contributed by atoms with van der Waals surface area (Å²) in [6.45, 7) is 13.8. The molecule has 0 aromatic heterocycles. The molecule has 2 heterocycles. The number of nitrogens with zero attached hydrogens (tertiary/aromatic N) is 5. The van der Waals surface area contributed by atoms with Crippen LogP contribution in [0.25, 0.3) is 0 Å². The van der Waals surface area contributed by atoms with E-state index in [0.29, 0.717) is 32.2 Å². The lowest BCUT2D eigenvalue weighted by atomic mass is 10.2. The molecule has 0 spiro atoms. The minimum atomic E-state index is -3.27. The van der Waals surface area contributed by atoms with E-state index in [1.54, 1.807) is 11.4 Å². The molecule has 1 N–H and O–H groups in total. The van der Waals surface area contributed by atoms with Gasteiger partial charge in [0.25, 0.3) is 0 Å². The topological polar surface area (TPSA) is 80.7 Å². The number of nitrogens with one attached hydrogen (secondary N) is 1. The first kappa shape index (κ1) is 24.3. The zero-order valence-electron chi connectivity index (χ0n) is 18.8. The van der Waals surface area contributed by atoms with E-state index in [2.05, 4.69) is 39.0 Å². The maximum absolute atomic E-state index is 12.5. The Balaban J connectivity index is 1.76. The maximum atomic E-state index is 12.5. The van der Waals surface area contributed by atoms with E-state index in [1.165, 1.54) is 0 Å². The molecule has 1 atom stereocenters. The molecule has 2 aliphatic rings. The van der Waals surface area contributed by atoms with Gasteiger partial charge in [0.05, 0.1) is 18.5 Å². The van der Waals surface area contributed by atoms with E-state index in [9.17, 15) is 8.42 Å². The number of likely N-dealkylation sites (N-methyl/N-ethyl adjacent to an activating group) is 1. The molecule has 2 aliphatic heterocycles. The Morgan fingerprint density at radius 3 is 2.21 bits per heavy atom. The first-order valence-electron chi connectivity index (χ1n) is 10.7. The van der Waals surface area contributed by atoms with Crippen LogP contribution in [-0.4, -0.2) is 131 Å². The highest BCUT2D eigenvalue weighted by molar-refractivity contribution is 7.89. The van der Waals surface area contributed by atoms with Crippen LogP contribution in [0.3, 0.4) is 0 Å². The van der Waals surface area contributed by atoms with Crippen molar-refractivity contribution in [3.63, 3.8) is 0 Å². The Morgan fingerprint density at radius 2 is 1.66 bits per heavy atom. The van der Waals surface area contributed by atoms with Crippen molar-refractivity contribution >= 4 is 16.0 Å². The fourth-order valence-electron chi connectivity index (χ4n) is 3.66. The lowest BCUT2D eigenvalue weighted by Crippen LogP contribution is -2.56. The highest BCUT2D eigenvalue weighted by Gasteiger charge is 2.28. The average molecular weight is 433 g/mol. The quantitative estimate of drug-likeness (QED) is 0.412. The fourth-order valence-corrected chi connectivity index (χ4v) is 4.94. The molecule has 0 aliphatic carbocycles. The van der Waals surface area contributed by atoms with Crippen LogP contribution in [0.5, 0.6) is 0 Å². The molecular weight excluding hydrogens is 392 g/mol. The van der Waals surface area contributed by atoms with Crippen molar-refractivity contribution in [2.75, 3.05) is 85.4 Å². The van der Waals surface area contributed by atoms with Crippen molar-refractivity contribution in [3.8, 4) is 0 Å². The van der Waals surface area contributed by atoms with Gasteiger partial charge in [-0.15, -0.1) is 0 Å². The van der Waals surface area contributed by atoms with Gasteiger partial charge in [-0.05, 0) is 27.8 Å². The Morgan fingerprint density at radius 1 is 1.03 bits per heavy atom. The minimum Gasteiger partial charge on any atom is -0.378 e. The van der Waals surface area contributed by atoms with Crippen LogP contribution in [0.1, 0.15) is 20.8 Å². The van der Waals surface area contributed by atoms with Gasteiger partial charge in [0, 0.05) is 72.0 Å². The number of aliphatic imine (C=N–C) groups is 1. The normalized spacial score (nSPS) is 22.3. The van der Waals surface area contributed by atoms with E-state index < -0.39 is 10.0 Å². The molecule has 10 heteroatoms. The Labute approximate surface area is 177 Å². The third kappa shape index (κ3) is 7.67. The van der Waals surface area contributed by atoms with Crippen molar-refractivity contribution in [2.24, 2.45) is 4.99 Å². The van der Waals surface area contributed by atoms with Gasteiger partial charge in [-0.2, -0.15) is 4.31 Å². The standard InChI is InChI=1S/C19H40N6O3S/c1-17(2)28-14-15-29(26,27)25-12-10-24(11-13-25)19(20-4)21-16-18(3)23-8-6-22(5)7-9-23/h17-18H,6-16H2,1-5H3,(H,20,21). The second-order valence-corrected chi connectivity index (χ2v) is 10.3. The largest absolute Gasteiger partial charge is 0.378 e. The minimum absolute atomic E-state index is 0.0424. The predicted octanol–water partition coefficient (Wildman–Crippen LogP) is -0.430. The molecule has 29 heavy (non-hydrogen) atoms. The van der Waals surface area contributed by atoms with E-state index >= 15 is 0 Å². The maximum Gasteiger partial charge on any atom is 0.216 e. The van der Waals surface area contributed by atoms with Gasteiger partial charge in [-0.3, -0.25) is 9.89 Å². The third-order valence-electron chi connectivity index (χ3n) is 5.65. The third-order valence-corrected chi connectivity index (χ3v) is 7.49. The smallest absolute Gasteiger partial charge is 0.216 e. The van der Waals surface area contributed by atoms with Crippen molar-refractivity contribution in [1.82, 2.24) is 24.3 Å². The number of rotatable bonds is 8. The summed E-state index contributed by atoms with van der Waals surface area (Å²) in [4.78, 5) is 11.4. The molecule has 0 amide bonds. The van der Waals surface area contributed by atoms with Gasteiger partial charge in [-0.25, -0.2) is 8.42 Å². The van der Waals surface area contributed by atoms with Crippen LogP contribution in [0.15, 0.2) is 4.99 Å². The number of sulfonamides is 1. The Hall–Kier alpha value is -0.940. The molecule has 0 aromatic rings. The zero-order valence-corrected chi connectivity index (χ0v) is 19.6. The number of hydrogen-bond donors (Lipinski definition) is 1. The molecule has 1 unspecified atom stereocenters. The summed E-state index contributed by atoms with van der Waals surface area (Å²) in [6.07, 6.45) is 0.0460. The van der Waals surface area contributed by atoms with Gasteiger partial charge in [-0.1, -0.05) is 0 Å². The van der Waals surface area contributed by atoms with Gasteiger partial charge in [0.2, 0.25) is 10.0 Å². The summed E-state index contributed by atoms with van der Waals surface area (Å²) in [6, 6.07) is 0.433. The van der Waals surface area contributed by atoms with Crippen LogP contribution >= 0.6 is 0 Å². The first-order chi connectivity index (χ1) is 13.7. The molecule has 0 radical (unpaired) electrons. The van der Waals surface area contributed by atoms with Crippen LogP contribution < -0.4 is 5.32 Å². The van der Waals surface area contributed by atoms with Crippen molar-refractivity contribution in [3.05, 3.63) is 0 Å². The SMILES string of the molecule is CN=C(NCC(C)N1CCN(C)CC1)N1CCN(S(=O)(=O)CCOC(C)C)CC1. The predicted molar refractivity (Wildman–Crippen MR) is 118 cm³/mol. The molecule has 0 aromatic carbocycles. The van der Waals surface area contributed by atoms with Gasteiger partial charge < -0.3 is 19.9 Å². The lowest BCUT2D eigenvalue weighted by Gasteiger charge is -2.38. The number of hydrogen-bond acceptors (Lipinski definition) is 6. The number of piperazine rings is 2. The summed E-state index contributed by atoms with van der Waals surface area (Å²) in [7, 11) is 0.684. The second kappa shape index (κ2) is 11.5. The van der Waals surface area contributed by atoms with E-state index in [4.69, 9.17) is 4.74 Å². The van der Waals surface area contributed by atoms with Crippen LogP contribution in [0, 0.1) is 0 Å². The van der Waals surface area contributed by atoms with Crippen molar-refractivity contribution < 1.29 is 13.2 Å². The van der Waals surface area contributed by atoms with Crippen LogP contribution in [0.2, 0.25) is 0 Å². The molecule has 2 fully saturated rings. The Bertz CT molecular complexity index is 611. The van der Waals surface area contributed by atoms with Crippen LogP contribution in [-0.2, 0) is 14.8 Å². The molecule has 170 valence electrons. The molecule has 0 saturated carbocycles. The number of ether oxygens (including phenoxy) is 1. The van der Waals surface area contributed by atoms with Gasteiger partial charge in [0.15, 0.2) is 5.96 Å². The molecule has 0 bridgehead atoms. The summed E-state index contributed by atoms with van der Waals surface area (Å²) in [5, 5.41) is 3.48.